The van der Waals surface area contributed by atoms with Gasteiger partial charge in [0.15, 0.2) is 0 Å². The molecule has 0 aromatic heterocycles. The highest BCUT2D eigenvalue weighted by Gasteiger charge is 2.31. The quantitative estimate of drug-likeness (QED) is 0.826. The van der Waals surface area contributed by atoms with E-state index in [4.69, 9.17) is 0 Å². The van der Waals surface area contributed by atoms with Gasteiger partial charge in [-0.05, 0) is 61.1 Å². The van der Waals surface area contributed by atoms with E-state index in [-0.39, 0.29) is 5.75 Å². The van der Waals surface area contributed by atoms with Crippen molar-refractivity contribution in [2.45, 2.75) is 38.1 Å². The van der Waals surface area contributed by atoms with Gasteiger partial charge in [-0.1, -0.05) is 24.3 Å². The lowest BCUT2D eigenvalue weighted by molar-refractivity contribution is -0.274. The van der Waals surface area contributed by atoms with E-state index < -0.39 is 12.5 Å². The molecule has 6 heteroatoms. The topological polar surface area (TPSA) is 32.7 Å². The first-order valence-electron chi connectivity index (χ1n) is 8.70. The first-order chi connectivity index (χ1) is 12.3. The average Bonchev–Trinajstić information content (AvgIpc) is 2.61. The molecule has 0 spiro atoms. The Morgan fingerprint density at radius 3 is 2.08 bits per heavy atom. The molecular weight excluding hydrogens is 343 g/mol. The number of nitrogens with zero attached hydrogens (tertiary/aromatic N) is 1. The monoisotopic (exact) mass is 365 g/mol. The van der Waals surface area contributed by atoms with E-state index in [0.29, 0.717) is 5.92 Å². The largest absolute Gasteiger partial charge is 0.573 e. The van der Waals surface area contributed by atoms with Crippen LogP contribution in [0.3, 0.4) is 0 Å². The van der Waals surface area contributed by atoms with Gasteiger partial charge < -0.3 is 14.7 Å². The van der Waals surface area contributed by atoms with Crippen LogP contribution in [0.25, 0.3) is 0 Å². The second-order valence-corrected chi connectivity index (χ2v) is 6.65. The third-order valence-corrected chi connectivity index (χ3v) is 4.82. The fourth-order valence-electron chi connectivity index (χ4n) is 3.38. The van der Waals surface area contributed by atoms with Crippen molar-refractivity contribution in [3.8, 4) is 5.75 Å². The summed E-state index contributed by atoms with van der Waals surface area (Å²) in [7, 11) is 0. The van der Waals surface area contributed by atoms with E-state index in [9.17, 15) is 18.3 Å². The van der Waals surface area contributed by atoms with E-state index in [1.807, 2.05) is 24.3 Å². The molecule has 0 bridgehead atoms. The molecule has 140 valence electrons. The van der Waals surface area contributed by atoms with Crippen molar-refractivity contribution in [3.63, 3.8) is 0 Å². The molecule has 0 amide bonds. The van der Waals surface area contributed by atoms with Gasteiger partial charge in [-0.25, -0.2) is 0 Å². The van der Waals surface area contributed by atoms with Crippen molar-refractivity contribution in [1.82, 2.24) is 0 Å². The zero-order chi connectivity index (χ0) is 18.7. The maximum Gasteiger partial charge on any atom is 0.573 e. The summed E-state index contributed by atoms with van der Waals surface area (Å²) in [6, 6.07) is 14.1. The van der Waals surface area contributed by atoms with Crippen molar-refractivity contribution in [2.24, 2.45) is 0 Å². The van der Waals surface area contributed by atoms with Crippen LogP contribution in [0.15, 0.2) is 48.5 Å². The van der Waals surface area contributed by atoms with E-state index >= 15 is 0 Å². The molecule has 1 aliphatic heterocycles. The van der Waals surface area contributed by atoms with Crippen LogP contribution >= 0.6 is 0 Å². The molecule has 26 heavy (non-hydrogen) atoms. The maximum atomic E-state index is 12.2. The van der Waals surface area contributed by atoms with Crippen LogP contribution in [0.4, 0.5) is 18.9 Å². The summed E-state index contributed by atoms with van der Waals surface area (Å²) in [4.78, 5) is 2.30. The third-order valence-electron chi connectivity index (χ3n) is 4.82. The number of aliphatic hydroxyl groups excluding tert-OH is 1. The lowest BCUT2D eigenvalue weighted by Crippen LogP contribution is -2.32. The van der Waals surface area contributed by atoms with Gasteiger partial charge in [0.25, 0.3) is 0 Å². The Morgan fingerprint density at radius 2 is 1.58 bits per heavy atom. The van der Waals surface area contributed by atoms with E-state index in [1.54, 1.807) is 19.1 Å². The first kappa shape index (κ1) is 18.6. The van der Waals surface area contributed by atoms with Crippen molar-refractivity contribution >= 4 is 5.69 Å². The van der Waals surface area contributed by atoms with Crippen molar-refractivity contribution < 1.29 is 23.0 Å². The van der Waals surface area contributed by atoms with Gasteiger partial charge in [0.2, 0.25) is 0 Å². The summed E-state index contributed by atoms with van der Waals surface area (Å²) < 4.78 is 40.6. The van der Waals surface area contributed by atoms with Crippen LogP contribution in [0.2, 0.25) is 0 Å². The molecule has 1 saturated heterocycles. The van der Waals surface area contributed by atoms with Gasteiger partial charge in [0, 0.05) is 18.8 Å². The molecule has 0 aliphatic carbocycles. The van der Waals surface area contributed by atoms with Crippen LogP contribution < -0.4 is 9.64 Å². The van der Waals surface area contributed by atoms with Gasteiger partial charge in [-0.15, -0.1) is 13.2 Å². The van der Waals surface area contributed by atoms with Crippen molar-refractivity contribution in [2.75, 3.05) is 18.0 Å². The molecule has 0 radical (unpaired) electrons. The Kier molecular flexibility index (Phi) is 5.41. The summed E-state index contributed by atoms with van der Waals surface area (Å²) in [5, 5.41) is 9.58. The highest BCUT2D eigenvalue weighted by molar-refractivity contribution is 5.48. The molecular formula is C20H22F3NO2. The smallest absolute Gasteiger partial charge is 0.406 e. The van der Waals surface area contributed by atoms with Gasteiger partial charge in [-0.3, -0.25) is 0 Å². The number of rotatable bonds is 4. The molecule has 0 saturated carbocycles. The number of hydrogen-bond acceptors (Lipinski definition) is 3. The predicted octanol–water partition coefficient (Wildman–Crippen LogP) is 5.02. The molecule has 1 aliphatic rings. The predicted molar refractivity (Wildman–Crippen MR) is 94.4 cm³/mol. The Bertz CT molecular complexity index is 703. The molecule has 2 aromatic carbocycles. The van der Waals surface area contributed by atoms with Crippen LogP contribution in [-0.4, -0.2) is 24.6 Å². The number of hydrogen-bond donors (Lipinski definition) is 1. The zero-order valence-electron chi connectivity index (χ0n) is 14.5. The minimum atomic E-state index is -4.66. The lowest BCUT2D eigenvalue weighted by Gasteiger charge is -2.34. The molecule has 1 unspecified atom stereocenters. The van der Waals surface area contributed by atoms with Gasteiger partial charge in [-0.2, -0.15) is 0 Å². The molecule has 2 aromatic rings. The molecule has 3 nitrogen and oxygen atoms in total. The Hall–Kier alpha value is -2.21. The van der Waals surface area contributed by atoms with Crippen LogP contribution in [0.5, 0.6) is 5.75 Å². The normalized spacial score (nSPS) is 17.2. The average molecular weight is 365 g/mol. The molecule has 1 heterocycles. The summed E-state index contributed by atoms with van der Waals surface area (Å²) in [5.41, 5.74) is 3.07. The number of aliphatic hydroxyl groups is 1. The van der Waals surface area contributed by atoms with Gasteiger partial charge >= 0.3 is 6.36 Å². The van der Waals surface area contributed by atoms with E-state index in [0.717, 1.165) is 42.7 Å². The fraction of sp³-hybridized carbons (Fsp3) is 0.400. The minimum Gasteiger partial charge on any atom is -0.406 e. The molecule has 1 atom stereocenters. The molecule has 1 N–H and O–H groups in total. The lowest BCUT2D eigenvalue weighted by atomic mass is 9.89. The highest BCUT2D eigenvalue weighted by atomic mass is 19.4. The first-order valence-corrected chi connectivity index (χ1v) is 8.70. The van der Waals surface area contributed by atoms with Crippen LogP contribution in [0, 0.1) is 0 Å². The van der Waals surface area contributed by atoms with Crippen molar-refractivity contribution in [1.29, 1.82) is 0 Å². The summed E-state index contributed by atoms with van der Waals surface area (Å²) in [6.07, 6.45) is -3.25. The fourth-order valence-corrected chi connectivity index (χ4v) is 3.38. The second-order valence-electron chi connectivity index (χ2n) is 6.65. The zero-order valence-corrected chi connectivity index (χ0v) is 14.5. The molecule has 1 fully saturated rings. The molecule has 3 rings (SSSR count). The van der Waals surface area contributed by atoms with E-state index in [1.165, 1.54) is 12.1 Å². The number of benzene rings is 2. The van der Waals surface area contributed by atoms with E-state index in [2.05, 4.69) is 9.64 Å². The third kappa shape index (κ3) is 4.69. The SMILES string of the molecule is CC(O)c1ccc(N2CCC(c3ccc(OC(F)(F)F)cc3)CC2)cc1. The number of alkyl halides is 3. The van der Waals surface area contributed by atoms with Crippen LogP contribution in [0.1, 0.15) is 42.9 Å². The Balaban J connectivity index is 1.58. The van der Waals surface area contributed by atoms with Gasteiger partial charge in [0.1, 0.15) is 5.75 Å². The minimum absolute atomic E-state index is 0.183. The summed E-state index contributed by atoms with van der Waals surface area (Å²) in [5.74, 6) is 0.153. The maximum absolute atomic E-state index is 12.2. The van der Waals surface area contributed by atoms with Gasteiger partial charge in [0.05, 0.1) is 6.10 Å². The number of halogens is 3. The Labute approximate surface area is 151 Å². The highest BCUT2D eigenvalue weighted by Crippen LogP contribution is 2.32. The number of ether oxygens (including phenoxy) is 1. The Morgan fingerprint density at radius 1 is 1.00 bits per heavy atom. The summed E-state index contributed by atoms with van der Waals surface area (Å²) in [6.45, 7) is 3.52. The number of piperidine rings is 1. The second kappa shape index (κ2) is 7.58. The van der Waals surface area contributed by atoms with Crippen LogP contribution in [-0.2, 0) is 0 Å². The standard InChI is InChI=1S/C20H22F3NO2/c1-14(25)15-2-6-18(7-3-15)24-12-10-17(11-13-24)16-4-8-19(9-5-16)26-20(21,22)23/h2-9,14,17,25H,10-13H2,1H3. The van der Waals surface area contributed by atoms with Crippen molar-refractivity contribution in [3.05, 3.63) is 59.7 Å². The number of anilines is 1. The summed E-state index contributed by atoms with van der Waals surface area (Å²) >= 11 is 0.